The number of benzene rings is 1. The highest BCUT2D eigenvalue weighted by Crippen LogP contribution is 2.27. The Labute approximate surface area is 129 Å². The van der Waals surface area contributed by atoms with Gasteiger partial charge in [0.25, 0.3) is 0 Å². The van der Waals surface area contributed by atoms with E-state index in [1.807, 2.05) is 0 Å². The molecule has 0 amide bonds. The summed E-state index contributed by atoms with van der Waals surface area (Å²) in [6.07, 6.45) is 5.22. The lowest BCUT2D eigenvalue weighted by atomic mass is 9.86. The first-order chi connectivity index (χ1) is 9.50. The molecular weight excluding hydrogens is 266 g/mol. The maximum atomic E-state index is 5.86. The van der Waals surface area contributed by atoms with Crippen molar-refractivity contribution in [2.24, 2.45) is 0 Å². The highest BCUT2D eigenvalue weighted by atomic mass is 35.5. The van der Waals surface area contributed by atoms with E-state index in [1.54, 1.807) is 0 Å². The fraction of sp³-hybridized carbons (Fsp3) is 0.667. The van der Waals surface area contributed by atoms with Crippen LogP contribution in [0, 0.1) is 0 Å². The zero-order chi connectivity index (χ0) is 14.6. The van der Waals surface area contributed by atoms with Crippen molar-refractivity contribution in [3.8, 4) is 0 Å². The number of hydrogen-bond donors (Lipinski definition) is 0. The highest BCUT2D eigenvalue weighted by Gasteiger charge is 2.24. The van der Waals surface area contributed by atoms with Crippen LogP contribution in [0.3, 0.4) is 0 Å². The molecule has 0 atom stereocenters. The Balaban J connectivity index is 1.98. The van der Waals surface area contributed by atoms with Crippen molar-refractivity contribution in [3.63, 3.8) is 0 Å². The molecule has 0 bridgehead atoms. The van der Waals surface area contributed by atoms with Gasteiger partial charge in [0.1, 0.15) is 0 Å². The van der Waals surface area contributed by atoms with Crippen LogP contribution in [0.2, 0.25) is 0 Å². The molecule has 0 radical (unpaired) electrons. The Morgan fingerprint density at radius 1 is 1.15 bits per heavy atom. The maximum Gasteiger partial charge on any atom is 0.0236 e. The smallest absolute Gasteiger partial charge is 0.0236 e. The van der Waals surface area contributed by atoms with Gasteiger partial charge in [0.05, 0.1) is 0 Å². The lowest BCUT2D eigenvalue weighted by Crippen LogP contribution is -2.40. The molecule has 0 heterocycles. The zero-order valence-electron chi connectivity index (χ0n) is 13.2. The summed E-state index contributed by atoms with van der Waals surface area (Å²) in [5.41, 5.74) is 3.09. The molecule has 1 aromatic carbocycles. The minimum atomic E-state index is 0.241. The Bertz CT molecular complexity index is 400. The summed E-state index contributed by atoms with van der Waals surface area (Å²) < 4.78 is 0. The van der Waals surface area contributed by atoms with Gasteiger partial charge in [-0.05, 0) is 42.3 Å². The molecule has 0 aromatic heterocycles. The second-order valence-electron chi connectivity index (χ2n) is 7.04. The van der Waals surface area contributed by atoms with Crippen LogP contribution >= 0.6 is 11.6 Å². The van der Waals surface area contributed by atoms with Crippen LogP contribution in [0.4, 0.5) is 0 Å². The first-order valence-corrected chi connectivity index (χ1v) is 8.43. The molecule has 1 aromatic rings. The maximum absolute atomic E-state index is 5.86. The molecule has 1 aliphatic rings. The lowest BCUT2D eigenvalue weighted by Gasteiger charge is -2.37. The van der Waals surface area contributed by atoms with Gasteiger partial charge in [-0.2, -0.15) is 0 Å². The topological polar surface area (TPSA) is 3.24 Å². The Hall–Kier alpha value is -0.530. The molecular formula is C18H28ClN. The van der Waals surface area contributed by atoms with Crippen molar-refractivity contribution < 1.29 is 0 Å². The molecule has 0 N–H and O–H groups in total. The molecule has 1 saturated carbocycles. The summed E-state index contributed by atoms with van der Waals surface area (Å²) in [5, 5.41) is 0. The molecule has 20 heavy (non-hydrogen) atoms. The summed E-state index contributed by atoms with van der Waals surface area (Å²) in [4.78, 5) is 2.62. The van der Waals surface area contributed by atoms with Crippen molar-refractivity contribution in [2.75, 3.05) is 12.4 Å². The zero-order valence-corrected chi connectivity index (χ0v) is 13.9. The molecule has 2 rings (SSSR count). The summed E-state index contributed by atoms with van der Waals surface area (Å²) in [6.45, 7) is 9.01. The van der Waals surface area contributed by atoms with Gasteiger partial charge in [-0.3, -0.25) is 4.90 Å². The average molecular weight is 294 g/mol. The van der Waals surface area contributed by atoms with E-state index in [9.17, 15) is 0 Å². The first kappa shape index (κ1) is 15.9. The van der Waals surface area contributed by atoms with E-state index in [-0.39, 0.29) is 5.41 Å². The van der Waals surface area contributed by atoms with Crippen LogP contribution in [-0.2, 0) is 12.0 Å². The average Bonchev–Trinajstić information content (AvgIpc) is 2.33. The van der Waals surface area contributed by atoms with E-state index in [0.717, 1.165) is 31.4 Å². The van der Waals surface area contributed by atoms with Crippen LogP contribution in [0.1, 0.15) is 57.6 Å². The molecule has 1 fully saturated rings. The highest BCUT2D eigenvalue weighted by molar-refractivity contribution is 6.17. The van der Waals surface area contributed by atoms with Crippen LogP contribution in [0.5, 0.6) is 0 Å². The van der Waals surface area contributed by atoms with Gasteiger partial charge in [-0.25, -0.2) is 0 Å². The molecule has 2 heteroatoms. The minimum absolute atomic E-state index is 0.241. The number of alkyl halides is 1. The third-order valence-corrected chi connectivity index (χ3v) is 4.64. The summed E-state index contributed by atoms with van der Waals surface area (Å²) >= 11 is 5.86. The van der Waals surface area contributed by atoms with E-state index >= 15 is 0 Å². The lowest BCUT2D eigenvalue weighted by molar-refractivity contribution is 0.120. The van der Waals surface area contributed by atoms with Crippen LogP contribution in [-0.4, -0.2) is 23.4 Å². The summed E-state index contributed by atoms with van der Waals surface area (Å²) in [7, 11) is 0. The number of rotatable bonds is 6. The first-order valence-electron chi connectivity index (χ1n) is 7.90. The Morgan fingerprint density at radius 3 is 2.25 bits per heavy atom. The molecule has 0 unspecified atom stereocenters. The quantitative estimate of drug-likeness (QED) is 0.670. The predicted molar refractivity (Wildman–Crippen MR) is 88.5 cm³/mol. The third-order valence-electron chi connectivity index (χ3n) is 4.38. The monoisotopic (exact) mass is 293 g/mol. The fourth-order valence-electron chi connectivity index (χ4n) is 2.75. The minimum Gasteiger partial charge on any atom is -0.296 e. The van der Waals surface area contributed by atoms with Crippen molar-refractivity contribution in [2.45, 2.75) is 64.5 Å². The normalized spacial score (nSPS) is 16.4. The Kier molecular flexibility index (Phi) is 5.51. The molecule has 1 nitrogen and oxygen atoms in total. The predicted octanol–water partition coefficient (Wildman–Crippen LogP) is 4.97. The van der Waals surface area contributed by atoms with Crippen molar-refractivity contribution >= 4 is 11.6 Å². The third kappa shape index (κ3) is 4.23. The van der Waals surface area contributed by atoms with Gasteiger partial charge in [-0.1, -0.05) is 51.5 Å². The van der Waals surface area contributed by atoms with Gasteiger partial charge >= 0.3 is 0 Å². The second kappa shape index (κ2) is 6.95. The number of hydrogen-bond acceptors (Lipinski definition) is 1. The summed E-state index contributed by atoms with van der Waals surface area (Å²) in [6, 6.07) is 9.96. The van der Waals surface area contributed by atoms with Crippen molar-refractivity contribution in [1.82, 2.24) is 4.90 Å². The number of halogens is 1. The van der Waals surface area contributed by atoms with Gasteiger partial charge in [0, 0.05) is 18.5 Å². The molecule has 112 valence electrons. The van der Waals surface area contributed by atoms with E-state index < -0.39 is 0 Å². The fourth-order valence-corrected chi connectivity index (χ4v) is 2.87. The molecule has 0 spiro atoms. The van der Waals surface area contributed by atoms with E-state index in [4.69, 9.17) is 11.6 Å². The van der Waals surface area contributed by atoms with Crippen molar-refractivity contribution in [3.05, 3.63) is 35.4 Å². The van der Waals surface area contributed by atoms with E-state index in [1.165, 1.54) is 30.4 Å². The van der Waals surface area contributed by atoms with Crippen LogP contribution < -0.4 is 0 Å². The number of nitrogens with zero attached hydrogens (tertiary/aromatic N) is 1. The van der Waals surface area contributed by atoms with Gasteiger partial charge < -0.3 is 0 Å². The largest absolute Gasteiger partial charge is 0.296 e. The van der Waals surface area contributed by atoms with Gasteiger partial charge in [-0.15, -0.1) is 11.6 Å². The van der Waals surface area contributed by atoms with Crippen molar-refractivity contribution in [1.29, 1.82) is 0 Å². The Morgan fingerprint density at radius 2 is 1.80 bits per heavy atom. The molecule has 0 aliphatic heterocycles. The second-order valence-corrected chi connectivity index (χ2v) is 7.42. The van der Waals surface area contributed by atoms with E-state index in [2.05, 4.69) is 49.9 Å². The molecule has 1 aliphatic carbocycles. The van der Waals surface area contributed by atoms with Gasteiger partial charge in [0.2, 0.25) is 0 Å². The summed E-state index contributed by atoms with van der Waals surface area (Å²) in [5.74, 6) is 0.770. The van der Waals surface area contributed by atoms with Crippen LogP contribution in [0.25, 0.3) is 0 Å². The van der Waals surface area contributed by atoms with E-state index in [0.29, 0.717) is 0 Å². The molecule has 0 saturated heterocycles. The standard InChI is InChI=1S/C18H28ClN/c1-18(2,3)16-10-8-15(9-11-16)14-20(13-5-12-19)17-6-4-7-17/h8-11,17H,4-7,12-14H2,1-3H3. The van der Waals surface area contributed by atoms with Gasteiger partial charge in [0.15, 0.2) is 0 Å². The van der Waals surface area contributed by atoms with Crippen LogP contribution in [0.15, 0.2) is 24.3 Å². The SMILES string of the molecule is CC(C)(C)c1ccc(CN(CCCCl)C2CCC2)cc1.